The lowest BCUT2D eigenvalue weighted by Gasteiger charge is -2.43. The number of pyridine rings is 1. The molecule has 0 radical (unpaired) electrons. The maximum absolute atomic E-state index is 13.8. The molecule has 2 unspecified atom stereocenters. The lowest BCUT2D eigenvalue weighted by atomic mass is 9.83. The maximum Gasteiger partial charge on any atom is 0.418 e. The summed E-state index contributed by atoms with van der Waals surface area (Å²) in [7, 11) is 0. The maximum atomic E-state index is 13.8. The number of hydrogen-bond acceptors (Lipinski definition) is 5. The van der Waals surface area contributed by atoms with Gasteiger partial charge in [-0.1, -0.05) is 31.5 Å². The van der Waals surface area contributed by atoms with Crippen molar-refractivity contribution in [1.29, 1.82) is 0 Å². The predicted molar refractivity (Wildman–Crippen MR) is 149 cm³/mol. The lowest BCUT2D eigenvalue weighted by Crippen LogP contribution is -2.54. The van der Waals surface area contributed by atoms with E-state index in [-0.39, 0.29) is 24.8 Å². The third-order valence-corrected chi connectivity index (χ3v) is 8.22. The Kier molecular flexibility index (Phi) is 10.5. The fourth-order valence-electron chi connectivity index (χ4n) is 6.19. The zero-order chi connectivity index (χ0) is 30.3. The summed E-state index contributed by atoms with van der Waals surface area (Å²) in [5.41, 5.74) is -0.648. The van der Waals surface area contributed by atoms with Gasteiger partial charge in [0.2, 0.25) is 5.91 Å². The molecular weight excluding hydrogens is 551 g/mol. The number of nitrogens with zero attached hydrogens (tertiary/aromatic N) is 3. The Bertz CT molecular complexity index is 1250. The second-order valence-corrected chi connectivity index (χ2v) is 11.0. The highest BCUT2D eigenvalue weighted by Crippen LogP contribution is 2.37. The molecule has 1 aromatic heterocycles. The van der Waals surface area contributed by atoms with Gasteiger partial charge in [0.25, 0.3) is 5.91 Å². The standard InChI is InChI=1S/C31H38F3N3O5/c1-2-8-25-23(10-6-17-37(25)30(41)28-24(31(32,33)34)11-5-16-35-28)29(40)36-18-14-21(15-19-36)22-9-3-4-12-26(22)42-20-7-13-27(38)39/h3-5,9,11-12,16,21,23,25H,2,6-8,10,13-15,17-20H2,1H3,(H,38,39). The molecular formula is C31H38F3N3O5. The second-order valence-electron chi connectivity index (χ2n) is 11.0. The summed E-state index contributed by atoms with van der Waals surface area (Å²) in [5.74, 6) is -1.28. The zero-order valence-corrected chi connectivity index (χ0v) is 23.8. The molecule has 11 heteroatoms. The summed E-state index contributed by atoms with van der Waals surface area (Å²) in [6.45, 7) is 3.58. The number of para-hydroxylation sites is 1. The van der Waals surface area contributed by atoms with Crippen LogP contribution in [0, 0.1) is 5.92 Å². The summed E-state index contributed by atoms with van der Waals surface area (Å²) in [4.78, 5) is 45.2. The van der Waals surface area contributed by atoms with Crippen LogP contribution in [-0.4, -0.2) is 70.0 Å². The molecule has 42 heavy (non-hydrogen) atoms. The Morgan fingerprint density at radius 2 is 1.79 bits per heavy atom. The number of rotatable bonds is 10. The fraction of sp³-hybridized carbons (Fsp3) is 0.548. The molecule has 1 aromatic carbocycles. The van der Waals surface area contributed by atoms with Crippen molar-refractivity contribution in [3.05, 3.63) is 59.4 Å². The van der Waals surface area contributed by atoms with E-state index < -0.39 is 41.3 Å². The predicted octanol–water partition coefficient (Wildman–Crippen LogP) is 5.77. The minimum Gasteiger partial charge on any atom is -0.493 e. The number of carboxylic acid groups (broad SMARTS) is 1. The van der Waals surface area contributed by atoms with Gasteiger partial charge in [-0.3, -0.25) is 19.4 Å². The van der Waals surface area contributed by atoms with Crippen molar-refractivity contribution in [3.63, 3.8) is 0 Å². The first-order valence-corrected chi connectivity index (χ1v) is 14.7. The summed E-state index contributed by atoms with van der Waals surface area (Å²) in [5, 5.41) is 8.86. The Hall–Kier alpha value is -3.63. The number of hydrogen-bond donors (Lipinski definition) is 1. The molecule has 0 saturated carbocycles. The van der Waals surface area contributed by atoms with Crippen LogP contribution in [0.2, 0.25) is 0 Å². The van der Waals surface area contributed by atoms with E-state index in [0.29, 0.717) is 51.8 Å². The number of aromatic nitrogens is 1. The molecule has 2 saturated heterocycles. The molecule has 4 rings (SSSR count). The first-order valence-electron chi connectivity index (χ1n) is 14.7. The van der Waals surface area contributed by atoms with Crippen LogP contribution in [0.15, 0.2) is 42.6 Å². The first kappa shape index (κ1) is 31.3. The Morgan fingerprint density at radius 3 is 2.48 bits per heavy atom. The van der Waals surface area contributed by atoms with Gasteiger partial charge in [-0.05, 0) is 68.2 Å². The van der Waals surface area contributed by atoms with Crippen molar-refractivity contribution in [1.82, 2.24) is 14.8 Å². The van der Waals surface area contributed by atoms with E-state index in [1.54, 1.807) is 0 Å². The molecule has 228 valence electrons. The van der Waals surface area contributed by atoms with Gasteiger partial charge in [0.05, 0.1) is 18.1 Å². The number of aliphatic carboxylic acids is 1. The summed E-state index contributed by atoms with van der Waals surface area (Å²) < 4.78 is 46.9. The monoisotopic (exact) mass is 589 g/mol. The van der Waals surface area contributed by atoms with Gasteiger partial charge < -0.3 is 19.6 Å². The number of amides is 2. The quantitative estimate of drug-likeness (QED) is 0.353. The Balaban J connectivity index is 1.43. The Morgan fingerprint density at radius 1 is 1.05 bits per heavy atom. The summed E-state index contributed by atoms with van der Waals surface area (Å²) in [6, 6.07) is 9.23. The summed E-state index contributed by atoms with van der Waals surface area (Å²) in [6.07, 6.45) is 0.664. The topological polar surface area (TPSA) is 100 Å². The molecule has 1 N–H and O–H groups in total. The number of benzene rings is 1. The number of carboxylic acids is 1. The van der Waals surface area contributed by atoms with Crippen LogP contribution in [-0.2, 0) is 15.8 Å². The average Bonchev–Trinajstić information content (AvgIpc) is 2.98. The van der Waals surface area contributed by atoms with Crippen LogP contribution in [0.25, 0.3) is 0 Å². The van der Waals surface area contributed by atoms with E-state index in [2.05, 4.69) is 4.98 Å². The SMILES string of the molecule is CCCC1C(C(=O)N2CCC(c3ccccc3OCCCC(=O)O)CC2)CCCN1C(=O)c1ncccc1C(F)(F)F. The molecule has 3 heterocycles. The van der Waals surface area contributed by atoms with Crippen LogP contribution >= 0.6 is 0 Å². The summed E-state index contributed by atoms with van der Waals surface area (Å²) >= 11 is 0. The van der Waals surface area contributed by atoms with Crippen molar-refractivity contribution in [3.8, 4) is 5.75 Å². The largest absolute Gasteiger partial charge is 0.493 e. The molecule has 2 fully saturated rings. The van der Waals surface area contributed by atoms with E-state index in [9.17, 15) is 27.6 Å². The molecule has 2 aromatic rings. The third kappa shape index (κ3) is 7.41. The average molecular weight is 590 g/mol. The minimum absolute atomic E-state index is 0.0389. The molecule has 2 atom stereocenters. The van der Waals surface area contributed by atoms with Crippen LogP contribution in [0.3, 0.4) is 0 Å². The van der Waals surface area contributed by atoms with Gasteiger partial charge in [-0.2, -0.15) is 13.2 Å². The number of ether oxygens (including phenoxy) is 1. The molecule has 8 nitrogen and oxygen atoms in total. The van der Waals surface area contributed by atoms with E-state index >= 15 is 0 Å². The third-order valence-electron chi connectivity index (χ3n) is 8.22. The van der Waals surface area contributed by atoms with E-state index in [1.807, 2.05) is 36.1 Å². The molecule has 0 bridgehead atoms. The van der Waals surface area contributed by atoms with E-state index in [4.69, 9.17) is 9.84 Å². The van der Waals surface area contributed by atoms with Crippen LogP contribution < -0.4 is 4.74 Å². The van der Waals surface area contributed by atoms with Crippen LogP contribution in [0.4, 0.5) is 13.2 Å². The molecule has 0 aliphatic carbocycles. The number of carbonyl (C=O) groups is 3. The number of piperidine rings is 2. The molecule has 2 aliphatic heterocycles. The highest BCUT2D eigenvalue weighted by molar-refractivity contribution is 5.95. The highest BCUT2D eigenvalue weighted by Gasteiger charge is 2.43. The van der Waals surface area contributed by atoms with E-state index in [1.165, 1.54) is 17.2 Å². The second kappa shape index (κ2) is 14.0. The van der Waals surface area contributed by atoms with Crippen molar-refractivity contribution in [2.24, 2.45) is 5.92 Å². The van der Waals surface area contributed by atoms with Gasteiger partial charge in [-0.25, -0.2) is 0 Å². The van der Waals surface area contributed by atoms with Gasteiger partial charge in [0.15, 0.2) is 0 Å². The van der Waals surface area contributed by atoms with Gasteiger partial charge in [-0.15, -0.1) is 0 Å². The van der Waals surface area contributed by atoms with Crippen molar-refractivity contribution < 1.29 is 37.4 Å². The zero-order valence-electron chi connectivity index (χ0n) is 23.8. The van der Waals surface area contributed by atoms with E-state index in [0.717, 1.165) is 30.2 Å². The minimum atomic E-state index is -4.71. The highest BCUT2D eigenvalue weighted by atomic mass is 19.4. The van der Waals surface area contributed by atoms with Gasteiger partial charge in [0, 0.05) is 38.3 Å². The fourth-order valence-corrected chi connectivity index (χ4v) is 6.19. The smallest absolute Gasteiger partial charge is 0.418 e. The normalized spacial score (nSPS) is 19.9. The molecule has 2 amide bonds. The Labute approximate surface area is 243 Å². The lowest BCUT2D eigenvalue weighted by molar-refractivity contribution is -0.141. The number of alkyl halides is 3. The van der Waals surface area contributed by atoms with Crippen molar-refractivity contribution in [2.75, 3.05) is 26.2 Å². The molecule has 2 aliphatic rings. The van der Waals surface area contributed by atoms with Crippen LogP contribution in [0.1, 0.15) is 85.8 Å². The van der Waals surface area contributed by atoms with Crippen molar-refractivity contribution >= 4 is 17.8 Å². The number of likely N-dealkylation sites (tertiary alicyclic amines) is 2. The van der Waals surface area contributed by atoms with Crippen LogP contribution in [0.5, 0.6) is 5.75 Å². The number of halogens is 3. The van der Waals surface area contributed by atoms with Gasteiger partial charge in [0.1, 0.15) is 11.4 Å². The molecule has 0 spiro atoms. The number of carbonyl (C=O) groups excluding carboxylic acids is 2. The van der Waals surface area contributed by atoms with Gasteiger partial charge >= 0.3 is 12.1 Å². The first-order chi connectivity index (χ1) is 20.1. The van der Waals surface area contributed by atoms with Crippen molar-refractivity contribution in [2.45, 2.75) is 76.4 Å².